The highest BCUT2D eigenvalue weighted by molar-refractivity contribution is 5.81. The van der Waals surface area contributed by atoms with Crippen LogP contribution in [-0.4, -0.2) is 28.6 Å². The molecule has 0 spiro atoms. The van der Waals surface area contributed by atoms with E-state index in [0.29, 0.717) is 13.2 Å². The normalized spacial score (nSPS) is 15.2. The molecule has 6 heteroatoms. The van der Waals surface area contributed by atoms with E-state index in [2.05, 4.69) is 0 Å². The van der Waals surface area contributed by atoms with Gasteiger partial charge in [0.1, 0.15) is 6.61 Å². The molecule has 4 rings (SSSR count). The van der Waals surface area contributed by atoms with Crippen molar-refractivity contribution in [1.29, 1.82) is 0 Å². The van der Waals surface area contributed by atoms with Gasteiger partial charge >= 0.3 is 12.1 Å². The lowest BCUT2D eigenvalue weighted by Crippen LogP contribution is -2.32. The first-order valence-electron chi connectivity index (χ1n) is 9.67. The van der Waals surface area contributed by atoms with Crippen molar-refractivity contribution in [2.75, 3.05) is 6.61 Å². The van der Waals surface area contributed by atoms with Gasteiger partial charge in [0.2, 0.25) is 0 Å². The summed E-state index contributed by atoms with van der Waals surface area (Å²) in [5.41, 5.74) is 3.39. The Kier molecular flexibility index (Phi) is 5.42. The molecule has 1 aliphatic rings. The van der Waals surface area contributed by atoms with E-state index in [1.165, 1.54) is 0 Å². The van der Waals surface area contributed by atoms with Crippen LogP contribution in [0, 0.1) is 0 Å². The first kappa shape index (κ1) is 18.9. The maximum Gasteiger partial charge on any atom is 0.410 e. The van der Waals surface area contributed by atoms with Crippen molar-refractivity contribution in [3.05, 3.63) is 77.5 Å². The van der Waals surface area contributed by atoms with E-state index in [1.807, 2.05) is 60.7 Å². The molecule has 29 heavy (non-hydrogen) atoms. The minimum atomic E-state index is -0.503. The highest BCUT2D eigenvalue weighted by Gasteiger charge is 2.38. The zero-order valence-corrected chi connectivity index (χ0v) is 16.2. The summed E-state index contributed by atoms with van der Waals surface area (Å²) in [7, 11) is 0. The number of benzene rings is 2. The fraction of sp³-hybridized carbons (Fsp3) is 0.261. The highest BCUT2D eigenvalue weighted by atomic mass is 16.6. The molecule has 0 radical (unpaired) electrons. The second-order valence-electron chi connectivity index (χ2n) is 6.92. The van der Waals surface area contributed by atoms with Crippen molar-refractivity contribution in [2.24, 2.45) is 0 Å². The van der Waals surface area contributed by atoms with Crippen LogP contribution in [0.15, 0.2) is 60.7 Å². The van der Waals surface area contributed by atoms with E-state index >= 15 is 0 Å². The van der Waals surface area contributed by atoms with E-state index in [9.17, 15) is 9.59 Å². The summed E-state index contributed by atoms with van der Waals surface area (Å²) in [6.07, 6.45) is -0.419. The SMILES string of the molecule is CCOC(=O)CC1c2nc3ccccc3cc2CN1C(=O)OCc1ccccc1. The Morgan fingerprint density at radius 1 is 1.07 bits per heavy atom. The fourth-order valence-electron chi connectivity index (χ4n) is 3.61. The van der Waals surface area contributed by atoms with Crippen LogP contribution in [0.4, 0.5) is 4.79 Å². The van der Waals surface area contributed by atoms with Crippen molar-refractivity contribution in [3.8, 4) is 0 Å². The van der Waals surface area contributed by atoms with E-state index in [0.717, 1.165) is 27.7 Å². The summed E-state index contributed by atoms with van der Waals surface area (Å²) in [5.74, 6) is -0.360. The largest absolute Gasteiger partial charge is 0.466 e. The maximum atomic E-state index is 12.9. The van der Waals surface area contributed by atoms with E-state index in [1.54, 1.807) is 11.8 Å². The van der Waals surface area contributed by atoms with Gasteiger partial charge in [0.25, 0.3) is 0 Å². The van der Waals surface area contributed by atoms with Gasteiger partial charge in [-0.05, 0) is 30.2 Å². The molecule has 2 aromatic carbocycles. The molecule has 0 saturated carbocycles. The molecule has 0 aliphatic carbocycles. The zero-order valence-electron chi connectivity index (χ0n) is 16.2. The van der Waals surface area contributed by atoms with E-state index in [4.69, 9.17) is 14.5 Å². The van der Waals surface area contributed by atoms with Crippen LogP contribution in [0.25, 0.3) is 10.9 Å². The van der Waals surface area contributed by atoms with E-state index in [-0.39, 0.29) is 19.0 Å². The third kappa shape index (κ3) is 4.06. The number of fused-ring (bicyclic) bond motifs is 2. The lowest BCUT2D eigenvalue weighted by molar-refractivity contribution is -0.144. The van der Waals surface area contributed by atoms with Crippen molar-refractivity contribution in [1.82, 2.24) is 9.88 Å². The minimum Gasteiger partial charge on any atom is -0.466 e. The Morgan fingerprint density at radius 2 is 1.83 bits per heavy atom. The molecule has 3 aromatic rings. The minimum absolute atomic E-state index is 0.0482. The second-order valence-corrected chi connectivity index (χ2v) is 6.92. The van der Waals surface area contributed by atoms with Gasteiger partial charge in [0.15, 0.2) is 0 Å². The summed E-state index contributed by atoms with van der Waals surface area (Å²) < 4.78 is 10.6. The lowest BCUT2D eigenvalue weighted by Gasteiger charge is -2.23. The zero-order chi connectivity index (χ0) is 20.2. The summed E-state index contributed by atoms with van der Waals surface area (Å²) in [4.78, 5) is 31.4. The Hall–Kier alpha value is -3.41. The van der Waals surface area contributed by atoms with Crippen LogP contribution >= 0.6 is 0 Å². The predicted molar refractivity (Wildman–Crippen MR) is 108 cm³/mol. The Bertz CT molecular complexity index is 1040. The van der Waals surface area contributed by atoms with E-state index < -0.39 is 12.1 Å². The smallest absolute Gasteiger partial charge is 0.410 e. The molecule has 2 heterocycles. The number of rotatable bonds is 5. The summed E-state index contributed by atoms with van der Waals surface area (Å²) in [6, 6.07) is 18.8. The van der Waals surface area contributed by atoms with Crippen molar-refractivity contribution in [2.45, 2.75) is 32.5 Å². The third-order valence-corrected chi connectivity index (χ3v) is 4.97. The lowest BCUT2D eigenvalue weighted by atomic mass is 10.1. The number of ether oxygens (including phenoxy) is 2. The molecular weight excluding hydrogens is 368 g/mol. The molecule has 1 aliphatic heterocycles. The summed E-state index contributed by atoms with van der Waals surface area (Å²) >= 11 is 0. The van der Waals surface area contributed by atoms with Gasteiger partial charge < -0.3 is 9.47 Å². The Labute approximate surface area is 169 Å². The molecule has 0 N–H and O–H groups in total. The number of esters is 1. The van der Waals surface area contributed by atoms with Crippen LogP contribution < -0.4 is 0 Å². The number of hydrogen-bond acceptors (Lipinski definition) is 5. The first-order chi connectivity index (χ1) is 14.2. The third-order valence-electron chi connectivity index (χ3n) is 4.97. The number of hydrogen-bond donors (Lipinski definition) is 0. The number of para-hydroxylation sites is 1. The average Bonchev–Trinajstić information content (AvgIpc) is 3.08. The topological polar surface area (TPSA) is 68.7 Å². The standard InChI is InChI=1S/C23H22N2O4/c1-2-28-21(26)13-20-22-18(12-17-10-6-7-11-19(17)24-22)14-25(20)23(27)29-15-16-8-4-3-5-9-16/h3-12,20H,2,13-15H2,1H3. The average molecular weight is 390 g/mol. The molecular formula is C23H22N2O4. The number of nitrogens with zero attached hydrogens (tertiary/aromatic N) is 2. The molecule has 0 bridgehead atoms. The quantitative estimate of drug-likeness (QED) is 0.605. The van der Waals surface area contributed by atoms with Crippen LogP contribution in [0.2, 0.25) is 0 Å². The molecule has 6 nitrogen and oxygen atoms in total. The predicted octanol–water partition coefficient (Wildman–Crippen LogP) is 4.38. The Morgan fingerprint density at radius 3 is 2.62 bits per heavy atom. The van der Waals surface area contributed by atoms with Gasteiger partial charge in [0.05, 0.1) is 36.8 Å². The van der Waals surface area contributed by atoms with Gasteiger partial charge in [0, 0.05) is 5.39 Å². The van der Waals surface area contributed by atoms with Crippen molar-refractivity contribution in [3.63, 3.8) is 0 Å². The van der Waals surface area contributed by atoms with Crippen molar-refractivity contribution >= 4 is 23.0 Å². The van der Waals surface area contributed by atoms with Gasteiger partial charge in [-0.3, -0.25) is 14.7 Å². The monoisotopic (exact) mass is 390 g/mol. The molecule has 148 valence electrons. The Balaban J connectivity index is 1.59. The van der Waals surface area contributed by atoms with Crippen molar-refractivity contribution < 1.29 is 19.1 Å². The molecule has 1 aromatic heterocycles. The fourth-order valence-corrected chi connectivity index (χ4v) is 3.61. The van der Waals surface area contributed by atoms with Crippen LogP contribution in [0.5, 0.6) is 0 Å². The maximum absolute atomic E-state index is 12.9. The number of carbonyl (C=O) groups is 2. The molecule has 0 fully saturated rings. The van der Waals surface area contributed by atoms with Crippen LogP contribution in [0.1, 0.15) is 36.2 Å². The number of pyridine rings is 1. The number of aromatic nitrogens is 1. The molecule has 0 saturated heterocycles. The molecule has 1 amide bonds. The van der Waals surface area contributed by atoms with Gasteiger partial charge in [-0.25, -0.2) is 4.79 Å². The first-order valence-corrected chi connectivity index (χ1v) is 9.67. The van der Waals surface area contributed by atoms with Gasteiger partial charge in [-0.15, -0.1) is 0 Å². The van der Waals surface area contributed by atoms with Crippen LogP contribution in [-0.2, 0) is 27.4 Å². The van der Waals surface area contributed by atoms with Gasteiger partial charge in [-0.1, -0.05) is 48.5 Å². The second kappa shape index (κ2) is 8.31. The number of carbonyl (C=O) groups excluding carboxylic acids is 2. The van der Waals surface area contributed by atoms with Gasteiger partial charge in [-0.2, -0.15) is 0 Å². The molecule has 1 atom stereocenters. The molecule has 1 unspecified atom stereocenters. The summed E-state index contributed by atoms with van der Waals surface area (Å²) in [5, 5.41) is 1.00. The highest BCUT2D eigenvalue weighted by Crippen LogP contribution is 2.37. The van der Waals surface area contributed by atoms with Crippen LogP contribution in [0.3, 0.4) is 0 Å². The summed E-state index contributed by atoms with van der Waals surface area (Å²) in [6.45, 7) is 2.58. The number of amides is 1.